The first kappa shape index (κ1) is 41.4. The van der Waals surface area contributed by atoms with Crippen molar-refractivity contribution in [3.05, 3.63) is 24.3 Å². The summed E-state index contributed by atoms with van der Waals surface area (Å²) in [5.41, 5.74) is 0. The Hall–Kier alpha value is -1.58. The lowest BCUT2D eigenvalue weighted by molar-refractivity contribution is -0.150. The molecule has 0 aliphatic heterocycles. The van der Waals surface area contributed by atoms with Crippen LogP contribution < -0.4 is 0 Å². The number of ether oxygens (including phenoxy) is 1. The number of carboxylic acids is 1. The Kier molecular flexibility index (Phi) is 33.6. The van der Waals surface area contributed by atoms with E-state index >= 15 is 0 Å². The highest BCUT2D eigenvalue weighted by Gasteiger charge is 2.14. The Morgan fingerprint density at radius 2 is 0.860 bits per heavy atom. The number of hydrogen-bond donors (Lipinski definition) is 1. The maximum atomic E-state index is 12.6. The Morgan fingerprint density at radius 1 is 0.488 bits per heavy atom. The van der Waals surface area contributed by atoms with Crippen LogP contribution in [-0.2, 0) is 14.3 Å². The molecule has 0 amide bonds. The summed E-state index contributed by atoms with van der Waals surface area (Å²) in [6.45, 7) is 4.52. The second-order valence-corrected chi connectivity index (χ2v) is 12.8. The molecule has 1 N–H and O–H groups in total. The molecule has 0 aromatic heterocycles. The van der Waals surface area contributed by atoms with Gasteiger partial charge in [-0.3, -0.25) is 9.59 Å². The third-order valence-electron chi connectivity index (χ3n) is 8.40. The number of carboxylic acid groups (broad SMARTS) is 1. The molecule has 4 heteroatoms. The molecule has 43 heavy (non-hydrogen) atoms. The van der Waals surface area contributed by atoms with Gasteiger partial charge in [0.05, 0.1) is 0 Å². The van der Waals surface area contributed by atoms with Crippen LogP contribution in [0.5, 0.6) is 0 Å². The van der Waals surface area contributed by atoms with Crippen molar-refractivity contribution in [2.45, 2.75) is 213 Å². The standard InChI is InChI=1S/C39H72O4/c1-3-5-7-9-11-13-15-17-18-20-22-25-29-33-37(34-30-26-24-27-31-35-38(40)41)43-39(42)36-32-28-23-21-19-16-14-12-10-8-6-4-2/h12,14,20,22,37H,3-11,13,15-19,21,23-36H2,1-2H3,(H,40,41)/b14-12-,22-20-. The highest BCUT2D eigenvalue weighted by molar-refractivity contribution is 5.69. The number of aliphatic carboxylic acids is 1. The summed E-state index contributed by atoms with van der Waals surface area (Å²) in [5.74, 6) is -0.726. The van der Waals surface area contributed by atoms with Crippen LogP contribution >= 0.6 is 0 Å². The zero-order valence-corrected chi connectivity index (χ0v) is 28.8. The molecule has 0 saturated carbocycles. The quantitative estimate of drug-likeness (QED) is 0.0451. The summed E-state index contributed by atoms with van der Waals surface area (Å²) >= 11 is 0. The first-order valence-corrected chi connectivity index (χ1v) is 18.8. The maximum absolute atomic E-state index is 12.6. The number of unbranched alkanes of at least 4 members (excludes halogenated alkanes) is 21. The van der Waals surface area contributed by atoms with Gasteiger partial charge in [-0.15, -0.1) is 0 Å². The van der Waals surface area contributed by atoms with Gasteiger partial charge in [-0.05, 0) is 83.5 Å². The van der Waals surface area contributed by atoms with E-state index in [0.29, 0.717) is 6.42 Å². The summed E-state index contributed by atoms with van der Waals surface area (Å²) in [4.78, 5) is 23.3. The molecule has 0 aliphatic carbocycles. The second kappa shape index (κ2) is 34.9. The maximum Gasteiger partial charge on any atom is 0.306 e. The molecule has 0 bridgehead atoms. The van der Waals surface area contributed by atoms with Crippen molar-refractivity contribution in [3.63, 3.8) is 0 Å². The lowest BCUT2D eigenvalue weighted by Gasteiger charge is -2.18. The van der Waals surface area contributed by atoms with Crippen molar-refractivity contribution in [2.75, 3.05) is 0 Å². The number of carbonyl (C=O) groups excluding carboxylic acids is 1. The van der Waals surface area contributed by atoms with Crippen LogP contribution in [0.4, 0.5) is 0 Å². The zero-order valence-electron chi connectivity index (χ0n) is 28.8. The average Bonchev–Trinajstić information content (AvgIpc) is 2.99. The average molecular weight is 605 g/mol. The van der Waals surface area contributed by atoms with Gasteiger partial charge in [0, 0.05) is 12.8 Å². The molecular formula is C39H72O4. The Labute approximate surface area is 267 Å². The first-order valence-electron chi connectivity index (χ1n) is 18.8. The molecule has 0 aromatic carbocycles. The Morgan fingerprint density at radius 3 is 1.40 bits per heavy atom. The van der Waals surface area contributed by atoms with Crippen LogP contribution in [0.1, 0.15) is 206 Å². The topological polar surface area (TPSA) is 63.6 Å². The fourth-order valence-corrected chi connectivity index (χ4v) is 5.59. The third kappa shape index (κ3) is 34.8. The molecule has 1 unspecified atom stereocenters. The van der Waals surface area contributed by atoms with E-state index in [-0.39, 0.29) is 18.5 Å². The van der Waals surface area contributed by atoms with Gasteiger partial charge in [0.15, 0.2) is 0 Å². The largest absolute Gasteiger partial charge is 0.481 e. The number of carbonyl (C=O) groups is 2. The van der Waals surface area contributed by atoms with Gasteiger partial charge in [-0.25, -0.2) is 0 Å². The van der Waals surface area contributed by atoms with Gasteiger partial charge >= 0.3 is 11.9 Å². The van der Waals surface area contributed by atoms with E-state index < -0.39 is 5.97 Å². The highest BCUT2D eigenvalue weighted by Crippen LogP contribution is 2.18. The molecule has 0 aliphatic rings. The predicted molar refractivity (Wildman–Crippen MR) is 186 cm³/mol. The smallest absolute Gasteiger partial charge is 0.306 e. The summed E-state index contributed by atoms with van der Waals surface area (Å²) < 4.78 is 5.97. The second-order valence-electron chi connectivity index (χ2n) is 12.8. The van der Waals surface area contributed by atoms with Crippen molar-refractivity contribution < 1.29 is 19.4 Å². The minimum absolute atomic E-state index is 0.0216. The van der Waals surface area contributed by atoms with E-state index in [4.69, 9.17) is 9.84 Å². The zero-order chi connectivity index (χ0) is 31.5. The fourth-order valence-electron chi connectivity index (χ4n) is 5.59. The van der Waals surface area contributed by atoms with Gasteiger partial charge in [-0.1, -0.05) is 134 Å². The molecule has 1 atom stereocenters. The third-order valence-corrected chi connectivity index (χ3v) is 8.40. The number of hydrogen-bond acceptors (Lipinski definition) is 3. The predicted octanol–water partition coefficient (Wildman–Crippen LogP) is 12.8. The minimum Gasteiger partial charge on any atom is -0.481 e. The van der Waals surface area contributed by atoms with E-state index in [1.165, 1.54) is 109 Å². The first-order chi connectivity index (χ1) is 21.1. The van der Waals surface area contributed by atoms with Gasteiger partial charge < -0.3 is 9.84 Å². The van der Waals surface area contributed by atoms with Crippen LogP contribution in [0.25, 0.3) is 0 Å². The van der Waals surface area contributed by atoms with E-state index in [2.05, 4.69) is 38.2 Å². The molecule has 252 valence electrons. The summed E-state index contributed by atoms with van der Waals surface area (Å²) in [6.07, 6.45) is 43.3. The van der Waals surface area contributed by atoms with Gasteiger partial charge in [0.1, 0.15) is 6.10 Å². The molecule has 0 aromatic rings. The molecule has 4 nitrogen and oxygen atoms in total. The van der Waals surface area contributed by atoms with Crippen molar-refractivity contribution >= 4 is 11.9 Å². The monoisotopic (exact) mass is 605 g/mol. The summed E-state index contributed by atoms with van der Waals surface area (Å²) in [7, 11) is 0. The van der Waals surface area contributed by atoms with Crippen LogP contribution in [-0.4, -0.2) is 23.1 Å². The lowest BCUT2D eigenvalue weighted by Crippen LogP contribution is -2.18. The van der Waals surface area contributed by atoms with Crippen LogP contribution in [0, 0.1) is 0 Å². The Bertz CT molecular complexity index is 654. The minimum atomic E-state index is -0.704. The van der Waals surface area contributed by atoms with Gasteiger partial charge in [0.2, 0.25) is 0 Å². The molecule has 0 fully saturated rings. The van der Waals surface area contributed by atoms with Crippen molar-refractivity contribution in [2.24, 2.45) is 0 Å². The van der Waals surface area contributed by atoms with Crippen LogP contribution in [0.15, 0.2) is 24.3 Å². The van der Waals surface area contributed by atoms with Crippen molar-refractivity contribution in [1.82, 2.24) is 0 Å². The van der Waals surface area contributed by atoms with Crippen molar-refractivity contribution in [3.8, 4) is 0 Å². The fraction of sp³-hybridized carbons (Fsp3) is 0.846. The van der Waals surface area contributed by atoms with E-state index in [1.807, 2.05) is 0 Å². The number of esters is 1. The highest BCUT2D eigenvalue weighted by atomic mass is 16.5. The van der Waals surface area contributed by atoms with Crippen LogP contribution in [0.3, 0.4) is 0 Å². The van der Waals surface area contributed by atoms with E-state index in [1.54, 1.807) is 0 Å². The molecule has 0 heterocycles. The SMILES string of the molecule is CCCCC/C=C\CCCCCCCC(=O)OC(CCC/C=C\CCCCCCCCCC)CCCCCCCC(=O)O. The number of allylic oxidation sites excluding steroid dienone is 4. The summed E-state index contributed by atoms with van der Waals surface area (Å²) in [5, 5.41) is 8.80. The lowest BCUT2D eigenvalue weighted by atomic mass is 10.0. The van der Waals surface area contributed by atoms with E-state index in [0.717, 1.165) is 70.6 Å². The van der Waals surface area contributed by atoms with E-state index in [9.17, 15) is 9.59 Å². The van der Waals surface area contributed by atoms with Crippen LogP contribution in [0.2, 0.25) is 0 Å². The van der Waals surface area contributed by atoms with Gasteiger partial charge in [0.25, 0.3) is 0 Å². The van der Waals surface area contributed by atoms with Gasteiger partial charge in [-0.2, -0.15) is 0 Å². The normalized spacial score (nSPS) is 12.4. The molecule has 0 rings (SSSR count). The number of rotatable bonds is 34. The molecule has 0 spiro atoms. The molecular weight excluding hydrogens is 532 g/mol. The molecule has 0 saturated heterocycles. The molecule has 0 radical (unpaired) electrons. The van der Waals surface area contributed by atoms with Crippen molar-refractivity contribution in [1.29, 1.82) is 0 Å². The summed E-state index contributed by atoms with van der Waals surface area (Å²) in [6, 6.07) is 0. The Balaban J connectivity index is 4.12.